The molecule has 1 saturated heterocycles. The predicted molar refractivity (Wildman–Crippen MR) is 95.3 cm³/mol. The molecule has 1 aromatic carbocycles. The molecule has 1 aliphatic heterocycles. The van der Waals surface area contributed by atoms with Crippen LogP contribution in [0.15, 0.2) is 53.5 Å². The van der Waals surface area contributed by atoms with Crippen molar-refractivity contribution in [1.29, 1.82) is 0 Å². The van der Waals surface area contributed by atoms with E-state index in [1.165, 1.54) is 0 Å². The van der Waals surface area contributed by atoms with Crippen molar-refractivity contribution in [3.63, 3.8) is 0 Å². The normalized spacial score (nSPS) is 17.2. The highest BCUT2D eigenvalue weighted by atomic mass is 16.5. The van der Waals surface area contributed by atoms with Gasteiger partial charge in [-0.1, -0.05) is 30.3 Å². The molecular formula is C19H23N3O3. The predicted octanol–water partition coefficient (Wildman–Crippen LogP) is 0.891. The Morgan fingerprint density at radius 1 is 1.20 bits per heavy atom. The largest absolute Gasteiger partial charge is 0.378 e. The lowest BCUT2D eigenvalue weighted by Crippen LogP contribution is -2.44. The van der Waals surface area contributed by atoms with Crippen LogP contribution in [0.3, 0.4) is 0 Å². The molecule has 6 nitrogen and oxygen atoms in total. The number of nitrogens with one attached hydrogen (secondary N) is 2. The molecule has 2 aromatic rings. The molecule has 1 unspecified atom stereocenters. The van der Waals surface area contributed by atoms with E-state index in [-0.39, 0.29) is 17.5 Å². The highest BCUT2D eigenvalue weighted by molar-refractivity contribution is 5.76. The molecule has 0 aliphatic carbocycles. The molecule has 0 saturated carbocycles. The van der Waals surface area contributed by atoms with Crippen LogP contribution in [0.5, 0.6) is 0 Å². The minimum atomic E-state index is -0.0147. The van der Waals surface area contributed by atoms with Gasteiger partial charge in [-0.2, -0.15) is 0 Å². The van der Waals surface area contributed by atoms with Crippen LogP contribution in [0.25, 0.3) is 0 Å². The highest BCUT2D eigenvalue weighted by Gasteiger charge is 2.16. The fourth-order valence-corrected chi connectivity index (χ4v) is 2.80. The topological polar surface area (TPSA) is 72.4 Å². The summed E-state index contributed by atoms with van der Waals surface area (Å²) in [5.41, 5.74) is 2.07. The van der Waals surface area contributed by atoms with E-state index in [0.717, 1.165) is 17.7 Å². The maximum absolute atomic E-state index is 12.0. The number of hydrogen-bond acceptors (Lipinski definition) is 4. The van der Waals surface area contributed by atoms with E-state index < -0.39 is 0 Å². The van der Waals surface area contributed by atoms with Gasteiger partial charge in [-0.3, -0.25) is 9.59 Å². The maximum Gasteiger partial charge on any atom is 0.250 e. The number of aromatic nitrogens is 1. The van der Waals surface area contributed by atoms with E-state index in [9.17, 15) is 9.59 Å². The Hall–Kier alpha value is -2.44. The average Bonchev–Trinajstić information content (AvgIpc) is 2.64. The Labute approximate surface area is 146 Å². The van der Waals surface area contributed by atoms with Gasteiger partial charge in [-0.05, 0) is 17.2 Å². The lowest BCUT2D eigenvalue weighted by molar-refractivity contribution is -0.122. The quantitative estimate of drug-likeness (QED) is 0.819. The van der Waals surface area contributed by atoms with Crippen LogP contribution in [-0.4, -0.2) is 36.3 Å². The standard InChI is InChI=1S/C19H23N3O3/c23-18(11-17-14-25-10-8-20-17)21-12-15-4-6-16(7-5-15)13-22-9-2-1-3-19(22)24/h1-7,9,17,20H,8,10-14H2,(H,21,23). The summed E-state index contributed by atoms with van der Waals surface area (Å²) in [4.78, 5) is 23.7. The number of amides is 1. The summed E-state index contributed by atoms with van der Waals surface area (Å²) in [6.45, 7) is 3.13. The monoisotopic (exact) mass is 341 g/mol. The average molecular weight is 341 g/mol. The van der Waals surface area contributed by atoms with Gasteiger partial charge in [0, 0.05) is 37.8 Å². The van der Waals surface area contributed by atoms with Crippen molar-refractivity contribution in [2.24, 2.45) is 0 Å². The van der Waals surface area contributed by atoms with Crippen LogP contribution in [-0.2, 0) is 22.6 Å². The first-order chi connectivity index (χ1) is 12.2. The second-order valence-electron chi connectivity index (χ2n) is 6.19. The smallest absolute Gasteiger partial charge is 0.250 e. The second-order valence-corrected chi connectivity index (χ2v) is 6.19. The first-order valence-corrected chi connectivity index (χ1v) is 8.52. The molecular weight excluding hydrogens is 318 g/mol. The SMILES string of the molecule is O=C(CC1COCCN1)NCc1ccc(Cn2ccccc2=O)cc1. The number of morpholine rings is 1. The second kappa shape index (κ2) is 8.60. The third kappa shape index (κ3) is 5.27. The molecule has 1 atom stereocenters. The zero-order valence-corrected chi connectivity index (χ0v) is 14.1. The Bertz CT molecular complexity index is 749. The zero-order chi connectivity index (χ0) is 17.5. The molecule has 6 heteroatoms. The number of ether oxygens (including phenoxy) is 1. The van der Waals surface area contributed by atoms with Gasteiger partial charge in [0.25, 0.3) is 5.56 Å². The van der Waals surface area contributed by atoms with Crippen LogP contribution >= 0.6 is 0 Å². The third-order valence-corrected chi connectivity index (χ3v) is 4.19. The van der Waals surface area contributed by atoms with Gasteiger partial charge in [-0.15, -0.1) is 0 Å². The molecule has 2 heterocycles. The summed E-state index contributed by atoms with van der Waals surface area (Å²) >= 11 is 0. The Morgan fingerprint density at radius 3 is 2.72 bits per heavy atom. The van der Waals surface area contributed by atoms with Crippen LogP contribution in [0, 0.1) is 0 Å². The van der Waals surface area contributed by atoms with E-state index in [1.54, 1.807) is 22.9 Å². The minimum Gasteiger partial charge on any atom is -0.378 e. The van der Waals surface area contributed by atoms with Crippen LogP contribution in [0.4, 0.5) is 0 Å². The van der Waals surface area contributed by atoms with Crippen molar-refractivity contribution in [1.82, 2.24) is 15.2 Å². The molecule has 3 rings (SSSR count). The van der Waals surface area contributed by atoms with E-state index in [1.807, 2.05) is 30.3 Å². The molecule has 0 spiro atoms. The fraction of sp³-hybridized carbons (Fsp3) is 0.368. The molecule has 0 bridgehead atoms. The van der Waals surface area contributed by atoms with Crippen molar-refractivity contribution in [3.05, 3.63) is 70.1 Å². The minimum absolute atomic E-state index is 0.0147. The van der Waals surface area contributed by atoms with Gasteiger partial charge in [0.2, 0.25) is 5.91 Å². The number of rotatable bonds is 6. The number of hydrogen-bond donors (Lipinski definition) is 2. The molecule has 25 heavy (non-hydrogen) atoms. The molecule has 2 N–H and O–H groups in total. The van der Waals surface area contributed by atoms with Gasteiger partial charge >= 0.3 is 0 Å². The summed E-state index contributed by atoms with van der Waals surface area (Å²) in [6, 6.07) is 13.2. The molecule has 1 aliphatic rings. The lowest BCUT2D eigenvalue weighted by Gasteiger charge is -2.23. The van der Waals surface area contributed by atoms with Crippen LogP contribution < -0.4 is 16.2 Å². The fourth-order valence-electron chi connectivity index (χ4n) is 2.80. The van der Waals surface area contributed by atoms with Gasteiger partial charge in [-0.25, -0.2) is 0 Å². The molecule has 132 valence electrons. The molecule has 0 radical (unpaired) electrons. The van der Waals surface area contributed by atoms with E-state index in [4.69, 9.17) is 4.74 Å². The number of carbonyl (C=O) groups is 1. The van der Waals surface area contributed by atoms with Crippen LogP contribution in [0.2, 0.25) is 0 Å². The molecule has 1 amide bonds. The number of nitrogens with zero attached hydrogens (tertiary/aromatic N) is 1. The maximum atomic E-state index is 12.0. The van der Waals surface area contributed by atoms with Crippen molar-refractivity contribution in [3.8, 4) is 0 Å². The van der Waals surface area contributed by atoms with Gasteiger partial charge in [0.05, 0.1) is 19.8 Å². The third-order valence-electron chi connectivity index (χ3n) is 4.19. The number of benzene rings is 1. The van der Waals surface area contributed by atoms with Gasteiger partial charge in [0.15, 0.2) is 0 Å². The van der Waals surface area contributed by atoms with Crippen molar-refractivity contribution in [2.45, 2.75) is 25.6 Å². The number of pyridine rings is 1. The van der Waals surface area contributed by atoms with Crippen molar-refractivity contribution in [2.75, 3.05) is 19.8 Å². The van der Waals surface area contributed by atoms with Crippen molar-refractivity contribution >= 4 is 5.91 Å². The van der Waals surface area contributed by atoms with E-state index in [2.05, 4.69) is 10.6 Å². The lowest BCUT2D eigenvalue weighted by atomic mass is 10.1. The Morgan fingerprint density at radius 2 is 2.00 bits per heavy atom. The first-order valence-electron chi connectivity index (χ1n) is 8.52. The van der Waals surface area contributed by atoms with Gasteiger partial charge in [0.1, 0.15) is 0 Å². The number of carbonyl (C=O) groups excluding carboxylic acids is 1. The summed E-state index contributed by atoms with van der Waals surface area (Å²) in [5, 5.41) is 6.20. The van der Waals surface area contributed by atoms with Crippen molar-refractivity contribution < 1.29 is 9.53 Å². The zero-order valence-electron chi connectivity index (χ0n) is 14.1. The Balaban J connectivity index is 1.48. The van der Waals surface area contributed by atoms with Gasteiger partial charge < -0.3 is 19.9 Å². The Kier molecular flexibility index (Phi) is 5.98. The highest BCUT2D eigenvalue weighted by Crippen LogP contribution is 2.06. The summed E-state index contributed by atoms with van der Waals surface area (Å²) < 4.78 is 7.01. The van der Waals surface area contributed by atoms with Crippen LogP contribution in [0.1, 0.15) is 17.5 Å². The summed E-state index contributed by atoms with van der Waals surface area (Å²) in [6.07, 6.45) is 2.20. The van der Waals surface area contributed by atoms with E-state index >= 15 is 0 Å². The summed E-state index contributed by atoms with van der Waals surface area (Å²) in [5.74, 6) is 0.0166. The molecule has 1 fully saturated rings. The summed E-state index contributed by atoms with van der Waals surface area (Å²) in [7, 11) is 0. The van der Waals surface area contributed by atoms with E-state index in [0.29, 0.717) is 32.7 Å². The first kappa shape index (κ1) is 17.4. The molecule has 1 aromatic heterocycles.